The fourth-order valence-corrected chi connectivity index (χ4v) is 0.849. The highest BCUT2D eigenvalue weighted by Gasteiger charge is 1.92. The van der Waals surface area contributed by atoms with Crippen molar-refractivity contribution in [2.24, 2.45) is 5.16 Å². The van der Waals surface area contributed by atoms with E-state index in [4.69, 9.17) is 10.3 Å². The van der Waals surface area contributed by atoms with Crippen LogP contribution in [0.3, 0.4) is 0 Å². The lowest BCUT2D eigenvalue weighted by Gasteiger charge is -1.99. The normalized spacial score (nSPS) is 11.2. The number of carbonyl (C=O) groups excluding carboxylic acids is 1. The third-order valence-electron chi connectivity index (χ3n) is 1.52. The van der Waals surface area contributed by atoms with Crippen molar-refractivity contribution in [3.8, 4) is 0 Å². The fourth-order valence-electron chi connectivity index (χ4n) is 0.849. The lowest BCUT2D eigenvalue weighted by atomic mass is 10.2. The number of hydrogen-bond donors (Lipinski definition) is 3. The van der Waals surface area contributed by atoms with Crippen LogP contribution in [-0.2, 0) is 4.79 Å². The Morgan fingerprint density at radius 1 is 1.43 bits per heavy atom. The summed E-state index contributed by atoms with van der Waals surface area (Å²) in [7, 11) is 0. The second kappa shape index (κ2) is 9.73. The SMILES string of the molecule is O=C(/C=C/CO)NCCCC/C=N/O. The second-order valence-electron chi connectivity index (χ2n) is 2.67. The van der Waals surface area contributed by atoms with Gasteiger partial charge >= 0.3 is 0 Å². The van der Waals surface area contributed by atoms with Gasteiger partial charge in [0.25, 0.3) is 0 Å². The predicted octanol–water partition coefficient (Wildman–Crippen LogP) is 0.281. The Bertz CT molecular complexity index is 202. The van der Waals surface area contributed by atoms with Crippen LogP contribution in [0.2, 0.25) is 0 Å². The molecule has 80 valence electrons. The third kappa shape index (κ3) is 8.73. The van der Waals surface area contributed by atoms with Gasteiger partial charge in [0, 0.05) is 18.8 Å². The van der Waals surface area contributed by atoms with E-state index in [1.807, 2.05) is 0 Å². The molecule has 0 aromatic heterocycles. The Hall–Kier alpha value is -1.36. The van der Waals surface area contributed by atoms with Crippen molar-refractivity contribution >= 4 is 12.1 Å². The monoisotopic (exact) mass is 200 g/mol. The van der Waals surface area contributed by atoms with Gasteiger partial charge in [-0.15, -0.1) is 5.16 Å². The quantitative estimate of drug-likeness (QED) is 0.181. The Morgan fingerprint density at radius 3 is 2.86 bits per heavy atom. The molecule has 3 N–H and O–H groups in total. The van der Waals surface area contributed by atoms with E-state index in [1.165, 1.54) is 18.4 Å². The van der Waals surface area contributed by atoms with Crippen LogP contribution in [0.4, 0.5) is 0 Å². The van der Waals surface area contributed by atoms with Crippen molar-refractivity contribution in [3.05, 3.63) is 12.2 Å². The average Bonchev–Trinajstić information content (AvgIpc) is 2.20. The Labute approximate surface area is 83.1 Å². The summed E-state index contributed by atoms with van der Waals surface area (Å²) in [6.45, 7) is 0.467. The first-order valence-electron chi connectivity index (χ1n) is 4.52. The summed E-state index contributed by atoms with van der Waals surface area (Å²) in [4.78, 5) is 10.9. The summed E-state index contributed by atoms with van der Waals surface area (Å²) in [5.41, 5.74) is 0. The number of unbranched alkanes of at least 4 members (excludes halogenated alkanes) is 2. The van der Waals surface area contributed by atoms with Crippen molar-refractivity contribution in [2.75, 3.05) is 13.2 Å². The zero-order valence-electron chi connectivity index (χ0n) is 8.02. The van der Waals surface area contributed by atoms with Crippen molar-refractivity contribution in [1.29, 1.82) is 0 Å². The van der Waals surface area contributed by atoms with Gasteiger partial charge in [-0.2, -0.15) is 0 Å². The first-order valence-corrected chi connectivity index (χ1v) is 4.52. The highest BCUT2D eigenvalue weighted by Crippen LogP contribution is 1.90. The van der Waals surface area contributed by atoms with Crippen LogP contribution in [0.1, 0.15) is 19.3 Å². The molecule has 0 bridgehead atoms. The number of amides is 1. The zero-order chi connectivity index (χ0) is 10.6. The first-order chi connectivity index (χ1) is 6.81. The van der Waals surface area contributed by atoms with Gasteiger partial charge in [-0.25, -0.2) is 0 Å². The van der Waals surface area contributed by atoms with Gasteiger partial charge in [0.1, 0.15) is 0 Å². The van der Waals surface area contributed by atoms with Crippen LogP contribution in [0.5, 0.6) is 0 Å². The molecule has 1 amide bonds. The molecule has 0 rings (SSSR count). The maximum Gasteiger partial charge on any atom is 0.243 e. The van der Waals surface area contributed by atoms with Crippen LogP contribution in [0.25, 0.3) is 0 Å². The van der Waals surface area contributed by atoms with Crippen molar-refractivity contribution in [1.82, 2.24) is 5.32 Å². The molecule has 0 aromatic carbocycles. The molecule has 5 heteroatoms. The van der Waals surface area contributed by atoms with E-state index in [0.717, 1.165) is 12.8 Å². The molecule has 14 heavy (non-hydrogen) atoms. The highest BCUT2D eigenvalue weighted by molar-refractivity contribution is 5.87. The van der Waals surface area contributed by atoms with Gasteiger partial charge in [0.2, 0.25) is 5.91 Å². The van der Waals surface area contributed by atoms with E-state index in [0.29, 0.717) is 13.0 Å². The van der Waals surface area contributed by atoms with Crippen LogP contribution < -0.4 is 5.32 Å². The average molecular weight is 200 g/mol. The van der Waals surface area contributed by atoms with E-state index < -0.39 is 0 Å². The zero-order valence-corrected chi connectivity index (χ0v) is 8.02. The number of aliphatic hydroxyl groups is 1. The molecule has 0 saturated heterocycles. The maximum absolute atomic E-state index is 10.9. The number of aliphatic hydroxyl groups excluding tert-OH is 1. The maximum atomic E-state index is 10.9. The lowest BCUT2D eigenvalue weighted by Crippen LogP contribution is -2.22. The predicted molar refractivity (Wildman–Crippen MR) is 53.4 cm³/mol. The molecule has 0 radical (unpaired) electrons. The molecule has 0 atom stereocenters. The molecule has 0 aliphatic heterocycles. The molecule has 0 heterocycles. The van der Waals surface area contributed by atoms with Gasteiger partial charge in [0.05, 0.1) is 6.61 Å². The highest BCUT2D eigenvalue weighted by atomic mass is 16.4. The van der Waals surface area contributed by atoms with Gasteiger partial charge in [-0.1, -0.05) is 6.08 Å². The summed E-state index contributed by atoms with van der Waals surface area (Å²) >= 11 is 0. The van der Waals surface area contributed by atoms with E-state index in [-0.39, 0.29) is 12.5 Å². The number of nitrogens with zero attached hydrogens (tertiary/aromatic N) is 1. The van der Waals surface area contributed by atoms with Crippen molar-refractivity contribution in [2.45, 2.75) is 19.3 Å². The Morgan fingerprint density at radius 2 is 2.21 bits per heavy atom. The fraction of sp³-hybridized carbons (Fsp3) is 0.556. The number of nitrogens with one attached hydrogen (secondary N) is 1. The van der Waals surface area contributed by atoms with Crippen LogP contribution in [-0.4, -0.2) is 35.6 Å². The summed E-state index contributed by atoms with van der Waals surface area (Å²) < 4.78 is 0. The molecular weight excluding hydrogens is 184 g/mol. The molecule has 0 spiro atoms. The summed E-state index contributed by atoms with van der Waals surface area (Å²) in [6, 6.07) is 0. The van der Waals surface area contributed by atoms with E-state index in [2.05, 4.69) is 10.5 Å². The standard InChI is InChI=1S/C9H16N2O3/c12-8-4-5-9(13)10-6-2-1-3-7-11-14/h4-5,7,12,14H,1-3,6,8H2,(H,10,13)/b5-4+,11-7+. The molecule has 5 nitrogen and oxygen atoms in total. The van der Waals surface area contributed by atoms with Crippen LogP contribution in [0.15, 0.2) is 17.3 Å². The minimum absolute atomic E-state index is 0.125. The molecule has 0 saturated carbocycles. The van der Waals surface area contributed by atoms with Crippen LogP contribution >= 0.6 is 0 Å². The number of carbonyl (C=O) groups is 1. The Kier molecular flexibility index (Phi) is 8.78. The minimum atomic E-state index is -0.199. The summed E-state index contributed by atoms with van der Waals surface area (Å²) in [5.74, 6) is -0.199. The molecular formula is C9H16N2O3. The summed E-state index contributed by atoms with van der Waals surface area (Å²) in [6.07, 6.45) is 6.52. The smallest absolute Gasteiger partial charge is 0.243 e. The molecule has 0 fully saturated rings. The van der Waals surface area contributed by atoms with Gasteiger partial charge in [-0.05, 0) is 19.3 Å². The molecule has 0 aromatic rings. The number of hydrogen-bond acceptors (Lipinski definition) is 4. The van der Waals surface area contributed by atoms with Gasteiger partial charge < -0.3 is 15.6 Å². The third-order valence-corrected chi connectivity index (χ3v) is 1.52. The minimum Gasteiger partial charge on any atom is -0.411 e. The first kappa shape index (κ1) is 12.6. The largest absolute Gasteiger partial charge is 0.411 e. The van der Waals surface area contributed by atoms with Crippen molar-refractivity contribution in [3.63, 3.8) is 0 Å². The van der Waals surface area contributed by atoms with Gasteiger partial charge in [0.15, 0.2) is 0 Å². The van der Waals surface area contributed by atoms with Crippen LogP contribution in [0, 0.1) is 0 Å². The number of rotatable bonds is 7. The van der Waals surface area contributed by atoms with E-state index in [9.17, 15) is 4.79 Å². The molecule has 0 aliphatic rings. The van der Waals surface area contributed by atoms with E-state index >= 15 is 0 Å². The lowest BCUT2D eigenvalue weighted by molar-refractivity contribution is -0.116. The van der Waals surface area contributed by atoms with Crippen molar-refractivity contribution < 1.29 is 15.1 Å². The summed E-state index contributed by atoms with van der Waals surface area (Å²) in [5, 5.41) is 22.0. The number of oxime groups is 1. The van der Waals surface area contributed by atoms with Gasteiger partial charge in [-0.3, -0.25) is 4.79 Å². The molecule has 0 unspecified atom stereocenters. The topological polar surface area (TPSA) is 81.9 Å². The second-order valence-corrected chi connectivity index (χ2v) is 2.67. The van der Waals surface area contributed by atoms with E-state index in [1.54, 1.807) is 0 Å². The molecule has 0 aliphatic carbocycles. The Balaban J connectivity index is 3.27.